The molecular weight excluding hydrogens is 521 g/mol. The molecule has 14 heteroatoms. The third-order valence-corrected chi connectivity index (χ3v) is 6.52. The van der Waals surface area contributed by atoms with Crippen LogP contribution in [-0.2, 0) is 23.9 Å². The van der Waals surface area contributed by atoms with E-state index in [-0.39, 0.29) is 31.8 Å². The molecular formula is C22H26ClF3N6O3S. The van der Waals surface area contributed by atoms with Gasteiger partial charge >= 0.3 is 6.18 Å². The lowest BCUT2D eigenvalue weighted by Gasteiger charge is -2.14. The molecule has 0 radical (unpaired) electrons. The summed E-state index contributed by atoms with van der Waals surface area (Å²) in [5.41, 5.74) is 0.592. The minimum atomic E-state index is -4.64. The van der Waals surface area contributed by atoms with Gasteiger partial charge in [0.1, 0.15) is 17.2 Å². The Morgan fingerprint density at radius 3 is 2.64 bits per heavy atom. The van der Waals surface area contributed by atoms with Crippen LogP contribution in [0.2, 0.25) is 5.02 Å². The molecule has 0 saturated heterocycles. The van der Waals surface area contributed by atoms with Gasteiger partial charge in [-0.25, -0.2) is 19.9 Å². The van der Waals surface area contributed by atoms with Crippen molar-refractivity contribution in [2.24, 2.45) is 0 Å². The summed E-state index contributed by atoms with van der Waals surface area (Å²) < 4.78 is 44.8. The van der Waals surface area contributed by atoms with Crippen molar-refractivity contribution in [3.05, 3.63) is 62.7 Å². The number of aliphatic hydroxyl groups is 2. The van der Waals surface area contributed by atoms with E-state index in [9.17, 15) is 18.3 Å². The Kier molecular flexibility index (Phi) is 10.3. The number of ether oxygens (including phenoxy) is 1. The Hall–Kier alpha value is -2.42. The quantitative estimate of drug-likeness (QED) is 0.184. The fourth-order valence-corrected chi connectivity index (χ4v) is 4.17. The third-order valence-electron chi connectivity index (χ3n) is 4.99. The normalized spacial score (nSPS) is 13.5. The van der Waals surface area contributed by atoms with Gasteiger partial charge in [0.15, 0.2) is 6.23 Å². The number of hydrogen-bond acceptors (Lipinski definition) is 10. The van der Waals surface area contributed by atoms with Gasteiger partial charge in [-0.2, -0.15) is 13.2 Å². The molecule has 4 N–H and O–H groups in total. The Balaban J connectivity index is 1.47. The lowest BCUT2D eigenvalue weighted by Crippen LogP contribution is -2.21. The topological polar surface area (TPSA) is 125 Å². The molecule has 196 valence electrons. The van der Waals surface area contributed by atoms with Gasteiger partial charge in [0, 0.05) is 24.7 Å². The zero-order valence-electron chi connectivity index (χ0n) is 19.3. The molecule has 0 aliphatic heterocycles. The highest BCUT2D eigenvalue weighted by atomic mass is 35.5. The van der Waals surface area contributed by atoms with Gasteiger partial charge in [-0.15, -0.1) is 11.3 Å². The number of thiazole rings is 1. The van der Waals surface area contributed by atoms with Crippen LogP contribution < -0.4 is 10.6 Å². The molecule has 0 aliphatic rings. The summed E-state index contributed by atoms with van der Waals surface area (Å²) in [4.78, 5) is 16.9. The van der Waals surface area contributed by atoms with Crippen molar-refractivity contribution in [2.45, 2.75) is 51.2 Å². The minimum Gasteiger partial charge on any atom is -0.396 e. The zero-order chi connectivity index (χ0) is 26.1. The zero-order valence-corrected chi connectivity index (χ0v) is 20.9. The van der Waals surface area contributed by atoms with Crippen molar-refractivity contribution in [3.8, 4) is 0 Å². The number of halogens is 4. The number of unbranched alkanes of at least 4 members (excludes halogenated alkanes) is 1. The molecule has 1 unspecified atom stereocenters. The van der Waals surface area contributed by atoms with Crippen molar-refractivity contribution in [2.75, 3.05) is 18.7 Å². The van der Waals surface area contributed by atoms with E-state index in [1.54, 1.807) is 0 Å². The Bertz CT molecular complexity index is 1120. The second-order valence-electron chi connectivity index (χ2n) is 7.79. The molecule has 0 amide bonds. The fraction of sp³-hybridized carbons (Fsp3) is 0.455. The number of alkyl halides is 3. The van der Waals surface area contributed by atoms with Crippen molar-refractivity contribution in [1.29, 1.82) is 0 Å². The fourth-order valence-electron chi connectivity index (χ4n) is 3.08. The van der Waals surface area contributed by atoms with Gasteiger partial charge in [-0.1, -0.05) is 11.6 Å². The predicted molar refractivity (Wildman–Crippen MR) is 128 cm³/mol. The van der Waals surface area contributed by atoms with E-state index in [1.165, 1.54) is 23.9 Å². The first-order valence-electron chi connectivity index (χ1n) is 11.0. The highest BCUT2D eigenvalue weighted by Crippen LogP contribution is 2.36. The molecule has 0 spiro atoms. The van der Waals surface area contributed by atoms with Crippen molar-refractivity contribution < 1.29 is 28.1 Å². The monoisotopic (exact) mass is 546 g/mol. The second kappa shape index (κ2) is 13.2. The Morgan fingerprint density at radius 2 is 1.89 bits per heavy atom. The molecule has 2 atom stereocenters. The molecule has 3 heterocycles. The molecule has 3 aromatic heterocycles. The maximum Gasteiger partial charge on any atom is 0.418 e. The van der Waals surface area contributed by atoms with Crippen LogP contribution in [0.5, 0.6) is 0 Å². The molecule has 0 fully saturated rings. The molecule has 0 bridgehead atoms. The van der Waals surface area contributed by atoms with Crippen LogP contribution >= 0.6 is 22.9 Å². The van der Waals surface area contributed by atoms with Gasteiger partial charge in [0.25, 0.3) is 0 Å². The Morgan fingerprint density at radius 1 is 1.11 bits per heavy atom. The van der Waals surface area contributed by atoms with Crippen molar-refractivity contribution in [1.82, 2.24) is 25.3 Å². The standard InChI is InChI=1S/C22H26ClF3N6O3S/c1-13(31-12-35-10-15-6-14(29-11-30-15)4-2-3-5-33)21-28-9-18(36-21)20(34)32-19-7-16(22(24,25)26)17(23)8-27-19/h6-9,11,13,20,31,33-34H,2-5,10,12H2,1H3,(H,27,32)/t13-,20?/m1/s1. The van der Waals surface area contributed by atoms with E-state index in [4.69, 9.17) is 21.4 Å². The first kappa shape index (κ1) is 28.2. The van der Waals surface area contributed by atoms with Crippen LogP contribution in [-0.4, -0.2) is 43.5 Å². The summed E-state index contributed by atoms with van der Waals surface area (Å²) in [6, 6.07) is 2.40. The van der Waals surface area contributed by atoms with Gasteiger partial charge in [0.05, 0.1) is 40.5 Å². The van der Waals surface area contributed by atoms with Crippen molar-refractivity contribution >= 4 is 28.8 Å². The number of hydrogen-bond donors (Lipinski definition) is 4. The molecule has 36 heavy (non-hydrogen) atoms. The van der Waals surface area contributed by atoms with Crippen LogP contribution in [0.3, 0.4) is 0 Å². The number of rotatable bonds is 13. The first-order valence-corrected chi connectivity index (χ1v) is 12.2. The van der Waals surface area contributed by atoms with Gasteiger partial charge in [-0.05, 0) is 38.3 Å². The molecule has 0 saturated carbocycles. The van der Waals surface area contributed by atoms with Crippen LogP contribution in [0, 0.1) is 0 Å². The molecule has 3 rings (SSSR count). The van der Waals surface area contributed by atoms with Gasteiger partial charge < -0.3 is 20.3 Å². The number of aryl methyl sites for hydroxylation is 1. The van der Waals surface area contributed by atoms with Crippen molar-refractivity contribution in [3.63, 3.8) is 0 Å². The number of nitrogens with zero attached hydrogens (tertiary/aromatic N) is 4. The predicted octanol–water partition coefficient (Wildman–Crippen LogP) is 4.24. The van der Waals surface area contributed by atoms with Crippen LogP contribution in [0.25, 0.3) is 0 Å². The number of nitrogens with one attached hydrogen (secondary N) is 2. The number of pyridine rings is 1. The minimum absolute atomic E-state index is 0.156. The first-order chi connectivity index (χ1) is 17.2. The van der Waals surface area contributed by atoms with Gasteiger partial charge in [-0.3, -0.25) is 5.32 Å². The van der Waals surface area contributed by atoms with Crippen LogP contribution in [0.4, 0.5) is 19.0 Å². The third kappa shape index (κ3) is 8.32. The summed E-state index contributed by atoms with van der Waals surface area (Å²) in [6.07, 6.45) is 0.188. The number of aliphatic hydroxyl groups excluding tert-OH is 2. The average Bonchev–Trinajstić information content (AvgIpc) is 3.33. The van der Waals surface area contributed by atoms with E-state index in [0.717, 1.165) is 42.9 Å². The number of anilines is 1. The lowest BCUT2D eigenvalue weighted by atomic mass is 10.2. The maximum atomic E-state index is 13.0. The average molecular weight is 547 g/mol. The maximum absolute atomic E-state index is 13.0. The summed E-state index contributed by atoms with van der Waals surface area (Å²) in [6.45, 7) is 2.53. The summed E-state index contributed by atoms with van der Waals surface area (Å²) in [5, 5.41) is 25.1. The lowest BCUT2D eigenvalue weighted by molar-refractivity contribution is -0.137. The molecule has 3 aromatic rings. The Labute approximate surface area is 214 Å². The summed E-state index contributed by atoms with van der Waals surface area (Å²) >= 11 is 6.77. The highest BCUT2D eigenvalue weighted by molar-refractivity contribution is 7.11. The number of aromatic nitrogens is 4. The summed E-state index contributed by atoms with van der Waals surface area (Å²) in [5.74, 6) is -0.171. The second-order valence-corrected chi connectivity index (χ2v) is 9.30. The smallest absolute Gasteiger partial charge is 0.396 e. The van der Waals surface area contributed by atoms with E-state index in [0.29, 0.717) is 9.88 Å². The van der Waals surface area contributed by atoms with E-state index < -0.39 is 23.0 Å². The van der Waals surface area contributed by atoms with Crippen LogP contribution in [0.1, 0.15) is 58.9 Å². The van der Waals surface area contributed by atoms with E-state index in [1.807, 2.05) is 13.0 Å². The molecule has 0 aromatic carbocycles. The van der Waals surface area contributed by atoms with Gasteiger partial charge in [0.2, 0.25) is 0 Å². The molecule has 0 aliphatic carbocycles. The molecule has 9 nitrogen and oxygen atoms in total. The SMILES string of the molecule is C[C@@H](NCOCc1cc(CCCCO)ncn1)c1ncc(C(O)Nc2cc(C(F)(F)F)c(Cl)cn2)s1. The highest BCUT2D eigenvalue weighted by Gasteiger charge is 2.34. The summed E-state index contributed by atoms with van der Waals surface area (Å²) in [7, 11) is 0. The van der Waals surface area contributed by atoms with E-state index >= 15 is 0 Å². The van der Waals surface area contributed by atoms with E-state index in [2.05, 4.69) is 30.6 Å². The van der Waals surface area contributed by atoms with Crippen LogP contribution in [0.15, 0.2) is 30.9 Å². The largest absolute Gasteiger partial charge is 0.418 e.